The standard InChI is InChI=1S/C11H18ClNO3/c1-11(5-6-14,8-15-2)13-7-9-3-4-10(12)16-9/h3-4,13-14H,5-8H2,1-2H3. The Labute approximate surface area is 101 Å². The number of halogens is 1. The van der Waals surface area contributed by atoms with E-state index in [0.29, 0.717) is 24.8 Å². The van der Waals surface area contributed by atoms with Crippen molar-refractivity contribution in [1.82, 2.24) is 5.32 Å². The Bertz CT molecular complexity index is 308. The molecular formula is C11H18ClNO3. The Morgan fingerprint density at radius 2 is 2.31 bits per heavy atom. The highest BCUT2D eigenvalue weighted by Gasteiger charge is 2.23. The van der Waals surface area contributed by atoms with Crippen molar-refractivity contribution < 1.29 is 14.3 Å². The number of methoxy groups -OCH3 is 1. The summed E-state index contributed by atoms with van der Waals surface area (Å²) < 4.78 is 10.4. The molecule has 16 heavy (non-hydrogen) atoms. The molecule has 1 aromatic rings. The Hall–Kier alpha value is -0.550. The lowest BCUT2D eigenvalue weighted by molar-refractivity contribution is 0.0956. The van der Waals surface area contributed by atoms with Gasteiger partial charge in [-0.25, -0.2) is 0 Å². The zero-order valence-electron chi connectivity index (χ0n) is 9.62. The first-order valence-corrected chi connectivity index (χ1v) is 5.56. The van der Waals surface area contributed by atoms with E-state index in [9.17, 15) is 0 Å². The molecule has 0 aromatic carbocycles. The predicted octanol–water partition coefficient (Wildman–Crippen LogP) is 1.81. The fourth-order valence-corrected chi connectivity index (χ4v) is 1.69. The average molecular weight is 248 g/mol. The molecule has 0 bridgehead atoms. The van der Waals surface area contributed by atoms with E-state index in [2.05, 4.69) is 5.32 Å². The topological polar surface area (TPSA) is 54.6 Å². The van der Waals surface area contributed by atoms with Crippen LogP contribution in [0.15, 0.2) is 16.5 Å². The first-order valence-electron chi connectivity index (χ1n) is 5.19. The molecule has 0 fully saturated rings. The van der Waals surface area contributed by atoms with Crippen LogP contribution in [-0.4, -0.2) is 31.0 Å². The summed E-state index contributed by atoms with van der Waals surface area (Å²) in [4.78, 5) is 0. The van der Waals surface area contributed by atoms with Gasteiger partial charge < -0.3 is 19.6 Å². The van der Waals surface area contributed by atoms with Crippen LogP contribution in [0, 0.1) is 0 Å². The van der Waals surface area contributed by atoms with Gasteiger partial charge in [-0.3, -0.25) is 0 Å². The second kappa shape index (κ2) is 6.25. The van der Waals surface area contributed by atoms with E-state index in [4.69, 9.17) is 25.9 Å². The molecule has 0 radical (unpaired) electrons. The maximum Gasteiger partial charge on any atom is 0.193 e. The van der Waals surface area contributed by atoms with Gasteiger partial charge in [-0.15, -0.1) is 0 Å². The van der Waals surface area contributed by atoms with Crippen LogP contribution in [-0.2, 0) is 11.3 Å². The molecule has 1 aromatic heterocycles. The summed E-state index contributed by atoms with van der Waals surface area (Å²) in [6, 6.07) is 3.53. The third-order valence-corrected chi connectivity index (χ3v) is 2.65. The quantitative estimate of drug-likeness (QED) is 0.772. The van der Waals surface area contributed by atoms with Crippen LogP contribution in [0.2, 0.25) is 5.22 Å². The van der Waals surface area contributed by atoms with Gasteiger partial charge >= 0.3 is 0 Å². The van der Waals surface area contributed by atoms with E-state index in [1.807, 2.05) is 13.0 Å². The third-order valence-electron chi connectivity index (χ3n) is 2.44. The largest absolute Gasteiger partial charge is 0.448 e. The zero-order chi connectivity index (χ0) is 12.0. The zero-order valence-corrected chi connectivity index (χ0v) is 10.4. The molecule has 0 saturated heterocycles. The van der Waals surface area contributed by atoms with Crippen molar-refractivity contribution in [2.24, 2.45) is 0 Å². The molecule has 0 aliphatic heterocycles. The summed E-state index contributed by atoms with van der Waals surface area (Å²) in [5, 5.41) is 12.7. The van der Waals surface area contributed by atoms with Crippen molar-refractivity contribution in [3.05, 3.63) is 23.1 Å². The van der Waals surface area contributed by atoms with E-state index < -0.39 is 0 Å². The number of ether oxygens (including phenoxy) is 1. The second-order valence-corrected chi connectivity index (χ2v) is 4.40. The van der Waals surface area contributed by atoms with Crippen LogP contribution >= 0.6 is 11.6 Å². The molecule has 0 spiro atoms. The number of rotatable bonds is 7. The van der Waals surface area contributed by atoms with Crippen LogP contribution in [0.3, 0.4) is 0 Å². The Kier molecular flexibility index (Phi) is 5.28. The summed E-state index contributed by atoms with van der Waals surface area (Å²) in [5.74, 6) is 0.769. The Balaban J connectivity index is 2.49. The minimum atomic E-state index is -0.261. The van der Waals surface area contributed by atoms with Crippen molar-refractivity contribution in [2.75, 3.05) is 20.3 Å². The smallest absolute Gasteiger partial charge is 0.193 e. The molecule has 0 saturated carbocycles. The Morgan fingerprint density at radius 3 is 2.81 bits per heavy atom. The van der Waals surface area contributed by atoms with E-state index in [0.717, 1.165) is 5.76 Å². The van der Waals surface area contributed by atoms with E-state index in [1.54, 1.807) is 13.2 Å². The van der Waals surface area contributed by atoms with Gasteiger partial charge in [0.25, 0.3) is 0 Å². The molecule has 2 N–H and O–H groups in total. The summed E-state index contributed by atoms with van der Waals surface area (Å²) in [7, 11) is 1.64. The molecule has 5 heteroatoms. The number of aliphatic hydroxyl groups is 1. The predicted molar refractivity (Wildman–Crippen MR) is 62.5 cm³/mol. The first kappa shape index (κ1) is 13.5. The molecule has 1 rings (SSSR count). The average Bonchev–Trinajstić information content (AvgIpc) is 2.62. The molecule has 1 heterocycles. The van der Waals surface area contributed by atoms with Crippen molar-refractivity contribution in [3.63, 3.8) is 0 Å². The molecule has 0 aliphatic rings. The van der Waals surface area contributed by atoms with E-state index >= 15 is 0 Å². The summed E-state index contributed by atoms with van der Waals surface area (Å²) >= 11 is 5.67. The van der Waals surface area contributed by atoms with E-state index in [1.165, 1.54) is 0 Å². The monoisotopic (exact) mass is 247 g/mol. The Morgan fingerprint density at radius 1 is 1.56 bits per heavy atom. The maximum absolute atomic E-state index is 8.99. The first-order chi connectivity index (χ1) is 7.59. The number of nitrogens with one attached hydrogen (secondary N) is 1. The number of hydrogen-bond donors (Lipinski definition) is 2. The lowest BCUT2D eigenvalue weighted by Crippen LogP contribution is -2.46. The highest BCUT2D eigenvalue weighted by atomic mass is 35.5. The molecule has 1 unspecified atom stereocenters. The molecular weight excluding hydrogens is 230 g/mol. The van der Waals surface area contributed by atoms with Crippen LogP contribution in [0.25, 0.3) is 0 Å². The number of aliphatic hydroxyl groups excluding tert-OH is 1. The van der Waals surface area contributed by atoms with Gasteiger partial charge in [0.2, 0.25) is 0 Å². The second-order valence-electron chi connectivity index (χ2n) is 4.03. The van der Waals surface area contributed by atoms with Crippen molar-refractivity contribution in [3.8, 4) is 0 Å². The van der Waals surface area contributed by atoms with Gasteiger partial charge in [-0.1, -0.05) is 0 Å². The summed E-state index contributed by atoms with van der Waals surface area (Å²) in [6.45, 7) is 3.21. The van der Waals surface area contributed by atoms with Gasteiger partial charge in [0.1, 0.15) is 5.76 Å². The van der Waals surface area contributed by atoms with Crippen molar-refractivity contribution in [1.29, 1.82) is 0 Å². The highest BCUT2D eigenvalue weighted by molar-refractivity contribution is 6.28. The lowest BCUT2D eigenvalue weighted by Gasteiger charge is -2.29. The number of hydrogen-bond acceptors (Lipinski definition) is 4. The van der Waals surface area contributed by atoms with E-state index in [-0.39, 0.29) is 12.1 Å². The molecule has 0 aliphatic carbocycles. The van der Waals surface area contributed by atoms with Gasteiger partial charge in [-0.2, -0.15) is 0 Å². The SMILES string of the molecule is COCC(C)(CCO)NCc1ccc(Cl)o1. The highest BCUT2D eigenvalue weighted by Crippen LogP contribution is 2.15. The molecule has 92 valence electrons. The minimum absolute atomic E-state index is 0.117. The van der Waals surface area contributed by atoms with Crippen LogP contribution in [0.4, 0.5) is 0 Å². The third kappa shape index (κ3) is 4.14. The van der Waals surface area contributed by atoms with Gasteiger partial charge in [-0.05, 0) is 37.1 Å². The summed E-state index contributed by atoms with van der Waals surface area (Å²) in [5.41, 5.74) is -0.261. The molecule has 4 nitrogen and oxygen atoms in total. The minimum Gasteiger partial charge on any atom is -0.448 e. The van der Waals surface area contributed by atoms with Crippen LogP contribution < -0.4 is 5.32 Å². The van der Waals surface area contributed by atoms with Gasteiger partial charge in [0.15, 0.2) is 5.22 Å². The van der Waals surface area contributed by atoms with Crippen molar-refractivity contribution >= 4 is 11.6 Å². The lowest BCUT2D eigenvalue weighted by atomic mass is 9.99. The number of furan rings is 1. The fourth-order valence-electron chi connectivity index (χ4n) is 1.52. The summed E-state index contributed by atoms with van der Waals surface area (Å²) in [6.07, 6.45) is 0.620. The van der Waals surface area contributed by atoms with Crippen LogP contribution in [0.5, 0.6) is 0 Å². The van der Waals surface area contributed by atoms with Gasteiger partial charge in [0.05, 0.1) is 13.2 Å². The fraction of sp³-hybridized carbons (Fsp3) is 0.636. The van der Waals surface area contributed by atoms with Crippen molar-refractivity contribution in [2.45, 2.75) is 25.4 Å². The van der Waals surface area contributed by atoms with Crippen LogP contribution in [0.1, 0.15) is 19.1 Å². The normalized spacial score (nSPS) is 15.0. The van der Waals surface area contributed by atoms with Gasteiger partial charge in [0, 0.05) is 19.3 Å². The molecule has 0 amide bonds. The molecule has 1 atom stereocenters. The maximum atomic E-state index is 8.99.